The summed E-state index contributed by atoms with van der Waals surface area (Å²) in [6.45, 7) is 2.63. The van der Waals surface area contributed by atoms with E-state index in [1.807, 2.05) is 6.92 Å². The van der Waals surface area contributed by atoms with Crippen LogP contribution in [0.5, 0.6) is 0 Å². The van der Waals surface area contributed by atoms with Gasteiger partial charge in [0.2, 0.25) is 12.3 Å². The van der Waals surface area contributed by atoms with Crippen molar-refractivity contribution >= 4 is 12.3 Å². The molecule has 0 aromatic heterocycles. The molecule has 6 nitrogen and oxygen atoms in total. The van der Waals surface area contributed by atoms with Crippen molar-refractivity contribution in [3.63, 3.8) is 0 Å². The zero-order valence-corrected chi connectivity index (χ0v) is 10.0. The number of ether oxygens (including phenoxy) is 1. The lowest BCUT2D eigenvalue weighted by molar-refractivity contribution is -0.142. The Hall–Kier alpha value is -1.14. The predicted octanol–water partition coefficient (Wildman–Crippen LogP) is -1.07. The van der Waals surface area contributed by atoms with Gasteiger partial charge in [-0.1, -0.05) is 0 Å². The van der Waals surface area contributed by atoms with Crippen LogP contribution in [0.25, 0.3) is 0 Å². The summed E-state index contributed by atoms with van der Waals surface area (Å²) in [6.07, 6.45) is 0.592. The third kappa shape index (κ3) is 4.16. The van der Waals surface area contributed by atoms with E-state index in [1.165, 1.54) is 24.0 Å². The van der Waals surface area contributed by atoms with Gasteiger partial charge < -0.3 is 19.6 Å². The zero-order chi connectivity index (χ0) is 12.6. The summed E-state index contributed by atoms with van der Waals surface area (Å²) in [5, 5.41) is 8.82. The van der Waals surface area contributed by atoms with E-state index in [0.717, 1.165) is 0 Å². The van der Waals surface area contributed by atoms with Gasteiger partial charge in [0, 0.05) is 27.2 Å². The van der Waals surface area contributed by atoms with Crippen LogP contribution in [0.4, 0.5) is 0 Å². The molecule has 0 heterocycles. The Bertz CT molecular complexity index is 223. The lowest BCUT2D eigenvalue weighted by atomic mass is 10.2. The first-order valence-corrected chi connectivity index (χ1v) is 5.18. The van der Waals surface area contributed by atoms with Crippen molar-refractivity contribution in [3.8, 4) is 0 Å². The highest BCUT2D eigenvalue weighted by atomic mass is 16.5. The van der Waals surface area contributed by atoms with E-state index in [1.54, 1.807) is 0 Å². The molecule has 0 spiro atoms. The number of methoxy groups -OCH3 is 1. The van der Waals surface area contributed by atoms with Crippen LogP contribution in [0.15, 0.2) is 0 Å². The number of carbonyl (C=O) groups is 2. The fourth-order valence-electron chi connectivity index (χ4n) is 1.35. The summed E-state index contributed by atoms with van der Waals surface area (Å²) in [5.41, 5.74) is 0. The maximum Gasteiger partial charge on any atom is 0.247 e. The van der Waals surface area contributed by atoms with Crippen LogP contribution < -0.4 is 0 Å². The Kier molecular flexibility index (Phi) is 7.49. The highest BCUT2D eigenvalue weighted by Gasteiger charge is 2.26. The van der Waals surface area contributed by atoms with Gasteiger partial charge in [0.25, 0.3) is 0 Å². The van der Waals surface area contributed by atoms with Crippen LogP contribution in [0.1, 0.15) is 6.92 Å². The molecule has 0 aromatic rings. The smallest absolute Gasteiger partial charge is 0.247 e. The summed E-state index contributed by atoms with van der Waals surface area (Å²) in [6, 6.07) is -0.631. The Balaban J connectivity index is 4.62. The highest BCUT2D eigenvalue weighted by molar-refractivity contribution is 5.83. The first-order valence-electron chi connectivity index (χ1n) is 5.18. The number of carbonyl (C=O) groups excluding carboxylic acids is 2. The van der Waals surface area contributed by atoms with Crippen LogP contribution in [0.3, 0.4) is 0 Å². The van der Waals surface area contributed by atoms with E-state index in [4.69, 9.17) is 9.84 Å². The molecule has 0 radical (unpaired) electrons. The quantitative estimate of drug-likeness (QED) is 0.541. The standard InChI is InChI=1S/C10H20N2O4/c1-4-12(5-6-13)10(15)9(7-16-3)11(2)8-14/h8-9,13H,4-7H2,1-3H3. The van der Waals surface area contributed by atoms with Crippen LogP contribution >= 0.6 is 0 Å². The van der Waals surface area contributed by atoms with Crippen LogP contribution in [0.2, 0.25) is 0 Å². The van der Waals surface area contributed by atoms with Gasteiger partial charge in [-0.05, 0) is 6.92 Å². The van der Waals surface area contributed by atoms with E-state index < -0.39 is 6.04 Å². The number of rotatable bonds is 8. The summed E-state index contributed by atoms with van der Waals surface area (Å²) >= 11 is 0. The number of aliphatic hydroxyl groups excluding tert-OH is 1. The molecule has 0 aliphatic rings. The summed E-state index contributed by atoms with van der Waals surface area (Å²) < 4.78 is 4.91. The van der Waals surface area contributed by atoms with Crippen molar-refractivity contribution < 1.29 is 19.4 Å². The first kappa shape index (κ1) is 14.9. The molecule has 1 N–H and O–H groups in total. The van der Waals surface area contributed by atoms with Gasteiger partial charge in [-0.25, -0.2) is 0 Å². The monoisotopic (exact) mass is 232 g/mol. The van der Waals surface area contributed by atoms with Crippen LogP contribution in [0, 0.1) is 0 Å². The van der Waals surface area contributed by atoms with Crippen LogP contribution in [-0.2, 0) is 14.3 Å². The third-order valence-electron chi connectivity index (χ3n) is 2.33. The average Bonchev–Trinajstić information content (AvgIpc) is 2.31. The maximum atomic E-state index is 12.0. The summed E-state index contributed by atoms with van der Waals surface area (Å²) in [5.74, 6) is -0.215. The van der Waals surface area contributed by atoms with Gasteiger partial charge in [0.05, 0.1) is 13.2 Å². The molecule has 0 saturated carbocycles. The number of aliphatic hydroxyl groups is 1. The topological polar surface area (TPSA) is 70.1 Å². The average molecular weight is 232 g/mol. The van der Waals surface area contributed by atoms with E-state index in [9.17, 15) is 9.59 Å². The number of likely N-dealkylation sites (N-methyl/N-ethyl adjacent to an activating group) is 2. The second-order valence-corrected chi connectivity index (χ2v) is 3.38. The van der Waals surface area contributed by atoms with E-state index in [2.05, 4.69) is 0 Å². The minimum absolute atomic E-state index is 0.0932. The molecule has 0 aliphatic heterocycles. The number of hydrogen-bond donors (Lipinski definition) is 1. The van der Waals surface area contributed by atoms with Gasteiger partial charge >= 0.3 is 0 Å². The van der Waals surface area contributed by atoms with E-state index in [0.29, 0.717) is 13.0 Å². The lowest BCUT2D eigenvalue weighted by Gasteiger charge is -2.29. The van der Waals surface area contributed by atoms with Gasteiger partial charge in [0.15, 0.2) is 0 Å². The zero-order valence-electron chi connectivity index (χ0n) is 10.0. The normalized spacial score (nSPS) is 12.0. The first-order chi connectivity index (χ1) is 7.62. The number of nitrogens with zero attached hydrogens (tertiary/aromatic N) is 2. The maximum absolute atomic E-state index is 12.0. The fourth-order valence-corrected chi connectivity index (χ4v) is 1.35. The molecule has 16 heavy (non-hydrogen) atoms. The van der Waals surface area contributed by atoms with Crippen molar-refractivity contribution in [2.24, 2.45) is 0 Å². The SMILES string of the molecule is CCN(CCO)C(=O)C(COC)N(C)C=O. The van der Waals surface area contributed by atoms with E-state index in [-0.39, 0.29) is 25.7 Å². The Labute approximate surface area is 95.8 Å². The minimum atomic E-state index is -0.631. The Morgan fingerprint density at radius 1 is 1.56 bits per heavy atom. The molecular formula is C10H20N2O4. The van der Waals surface area contributed by atoms with Crippen LogP contribution in [-0.4, -0.2) is 73.7 Å². The Morgan fingerprint density at radius 3 is 2.56 bits per heavy atom. The molecular weight excluding hydrogens is 212 g/mol. The molecule has 1 unspecified atom stereocenters. The molecule has 0 rings (SSSR count). The van der Waals surface area contributed by atoms with Gasteiger partial charge in [-0.3, -0.25) is 9.59 Å². The number of hydrogen-bond acceptors (Lipinski definition) is 4. The minimum Gasteiger partial charge on any atom is -0.395 e. The second kappa shape index (κ2) is 8.06. The molecule has 0 aliphatic carbocycles. The van der Waals surface area contributed by atoms with Gasteiger partial charge in [-0.2, -0.15) is 0 Å². The molecule has 0 fully saturated rings. The largest absolute Gasteiger partial charge is 0.395 e. The third-order valence-corrected chi connectivity index (χ3v) is 2.33. The Morgan fingerprint density at radius 2 is 2.19 bits per heavy atom. The molecule has 0 aromatic carbocycles. The molecule has 2 amide bonds. The summed E-state index contributed by atoms with van der Waals surface area (Å²) in [7, 11) is 3.00. The fraction of sp³-hybridized carbons (Fsp3) is 0.800. The van der Waals surface area contributed by atoms with Gasteiger partial charge in [-0.15, -0.1) is 0 Å². The van der Waals surface area contributed by atoms with Gasteiger partial charge in [0.1, 0.15) is 6.04 Å². The van der Waals surface area contributed by atoms with Crippen molar-refractivity contribution in [2.75, 3.05) is 40.5 Å². The molecule has 0 saturated heterocycles. The van der Waals surface area contributed by atoms with Crippen molar-refractivity contribution in [1.82, 2.24) is 9.80 Å². The van der Waals surface area contributed by atoms with Crippen molar-refractivity contribution in [2.45, 2.75) is 13.0 Å². The number of amides is 2. The van der Waals surface area contributed by atoms with E-state index >= 15 is 0 Å². The molecule has 1 atom stereocenters. The molecule has 94 valence electrons. The van der Waals surface area contributed by atoms with Crippen molar-refractivity contribution in [3.05, 3.63) is 0 Å². The molecule has 0 bridgehead atoms. The molecule has 6 heteroatoms. The second-order valence-electron chi connectivity index (χ2n) is 3.38. The van der Waals surface area contributed by atoms with Crippen molar-refractivity contribution in [1.29, 1.82) is 0 Å². The lowest BCUT2D eigenvalue weighted by Crippen LogP contribution is -2.49. The summed E-state index contributed by atoms with van der Waals surface area (Å²) in [4.78, 5) is 25.4. The predicted molar refractivity (Wildman–Crippen MR) is 58.8 cm³/mol. The highest BCUT2D eigenvalue weighted by Crippen LogP contribution is 2.01.